The van der Waals surface area contributed by atoms with Crippen LogP contribution in [0.5, 0.6) is 0 Å². The van der Waals surface area contributed by atoms with E-state index in [9.17, 15) is 4.79 Å². The monoisotopic (exact) mass is 281 g/mol. The third-order valence-electron chi connectivity index (χ3n) is 2.67. The van der Waals surface area contributed by atoms with Crippen LogP contribution in [-0.2, 0) is 6.54 Å². The summed E-state index contributed by atoms with van der Waals surface area (Å²) in [7, 11) is 0. The quantitative estimate of drug-likeness (QED) is 0.778. The maximum absolute atomic E-state index is 11.8. The lowest BCUT2D eigenvalue weighted by molar-refractivity contribution is 0.0947. The molecule has 1 N–H and O–H groups in total. The van der Waals surface area contributed by atoms with Gasteiger partial charge >= 0.3 is 0 Å². The first kappa shape index (κ1) is 12.9. The molecular weight excluding hydrogens is 270 g/mol. The molecule has 0 radical (unpaired) electrons. The van der Waals surface area contributed by atoms with Gasteiger partial charge in [-0.1, -0.05) is 6.07 Å². The number of carbonyl (C=O) groups is 1. The summed E-state index contributed by atoms with van der Waals surface area (Å²) in [5.41, 5.74) is 1.07. The highest BCUT2D eigenvalue weighted by atomic mass is 16.4. The highest BCUT2D eigenvalue weighted by Crippen LogP contribution is 2.13. The minimum atomic E-state index is -0.249. The molecule has 3 heterocycles. The van der Waals surface area contributed by atoms with Crippen molar-refractivity contribution in [2.45, 2.75) is 6.54 Å². The van der Waals surface area contributed by atoms with Gasteiger partial charge in [-0.25, -0.2) is 0 Å². The van der Waals surface area contributed by atoms with Gasteiger partial charge in [0.1, 0.15) is 5.69 Å². The number of carbonyl (C=O) groups excluding carboxylic acids is 1. The zero-order chi connectivity index (χ0) is 14.5. The molecule has 7 heteroatoms. The second kappa shape index (κ2) is 5.91. The normalized spacial score (nSPS) is 10.3. The van der Waals surface area contributed by atoms with Crippen molar-refractivity contribution in [1.29, 1.82) is 0 Å². The Morgan fingerprint density at radius 3 is 2.86 bits per heavy atom. The number of hydrogen-bond donors (Lipinski definition) is 1. The maximum Gasteiger partial charge on any atom is 0.266 e. The van der Waals surface area contributed by atoms with Crippen LogP contribution in [0.2, 0.25) is 0 Å². The second-order valence-corrected chi connectivity index (χ2v) is 4.14. The molecule has 104 valence electrons. The molecule has 0 aromatic carbocycles. The van der Waals surface area contributed by atoms with Gasteiger partial charge in [0, 0.05) is 18.6 Å². The van der Waals surface area contributed by atoms with Gasteiger partial charge in [0.25, 0.3) is 11.8 Å². The zero-order valence-corrected chi connectivity index (χ0v) is 10.9. The Bertz CT molecular complexity index is 727. The van der Waals surface area contributed by atoms with Gasteiger partial charge < -0.3 is 9.73 Å². The molecule has 0 fully saturated rings. The number of pyridine rings is 2. The summed E-state index contributed by atoms with van der Waals surface area (Å²) >= 11 is 0. The van der Waals surface area contributed by atoms with Crippen molar-refractivity contribution in [2.24, 2.45) is 0 Å². The first-order valence-electron chi connectivity index (χ1n) is 6.25. The minimum absolute atomic E-state index is 0.146. The van der Waals surface area contributed by atoms with E-state index in [-0.39, 0.29) is 12.5 Å². The summed E-state index contributed by atoms with van der Waals surface area (Å²) in [6, 6.07) is 8.77. The van der Waals surface area contributed by atoms with E-state index in [0.717, 1.165) is 0 Å². The fourth-order valence-electron chi connectivity index (χ4n) is 1.67. The molecule has 0 bridgehead atoms. The van der Waals surface area contributed by atoms with Crippen LogP contribution in [0.25, 0.3) is 11.6 Å². The minimum Gasteiger partial charge on any atom is -0.417 e. The molecule has 0 aliphatic heterocycles. The van der Waals surface area contributed by atoms with Gasteiger partial charge in [0.05, 0.1) is 12.1 Å². The van der Waals surface area contributed by atoms with Crippen LogP contribution in [0, 0.1) is 0 Å². The second-order valence-electron chi connectivity index (χ2n) is 4.14. The number of nitrogens with zero attached hydrogens (tertiary/aromatic N) is 4. The fourth-order valence-corrected chi connectivity index (χ4v) is 1.67. The smallest absolute Gasteiger partial charge is 0.266 e. The molecule has 21 heavy (non-hydrogen) atoms. The number of rotatable bonds is 4. The molecule has 0 atom stereocenters. The fraction of sp³-hybridized carbons (Fsp3) is 0.0714. The molecule has 0 saturated heterocycles. The van der Waals surface area contributed by atoms with Gasteiger partial charge in [-0.15, -0.1) is 10.2 Å². The first-order chi connectivity index (χ1) is 10.3. The Balaban J connectivity index is 1.64. The van der Waals surface area contributed by atoms with Gasteiger partial charge in [-0.3, -0.25) is 14.8 Å². The third-order valence-corrected chi connectivity index (χ3v) is 2.67. The van der Waals surface area contributed by atoms with Crippen LogP contribution in [0.3, 0.4) is 0 Å². The zero-order valence-electron chi connectivity index (χ0n) is 10.9. The molecule has 0 aliphatic carbocycles. The predicted octanol–water partition coefficient (Wildman–Crippen LogP) is 1.46. The molecule has 7 nitrogen and oxygen atoms in total. The Morgan fingerprint density at radius 2 is 2.10 bits per heavy atom. The highest BCUT2D eigenvalue weighted by Gasteiger charge is 2.11. The summed E-state index contributed by atoms with van der Waals surface area (Å²) in [5.74, 6) is 0.384. The lowest BCUT2D eigenvalue weighted by atomic mass is 10.3. The molecular formula is C14H11N5O2. The summed E-state index contributed by atoms with van der Waals surface area (Å²) in [6.07, 6.45) is 4.74. The predicted molar refractivity (Wildman–Crippen MR) is 72.9 cm³/mol. The van der Waals surface area contributed by atoms with Crippen LogP contribution < -0.4 is 5.32 Å². The maximum atomic E-state index is 11.8. The van der Waals surface area contributed by atoms with E-state index in [1.165, 1.54) is 6.20 Å². The lowest BCUT2D eigenvalue weighted by Crippen LogP contribution is -2.23. The van der Waals surface area contributed by atoms with Crippen molar-refractivity contribution in [1.82, 2.24) is 25.5 Å². The van der Waals surface area contributed by atoms with E-state index < -0.39 is 0 Å². The van der Waals surface area contributed by atoms with E-state index in [4.69, 9.17) is 4.42 Å². The summed E-state index contributed by atoms with van der Waals surface area (Å²) in [6.45, 7) is 0.146. The Hall–Kier alpha value is -3.09. The number of amides is 1. The van der Waals surface area contributed by atoms with Crippen molar-refractivity contribution < 1.29 is 9.21 Å². The molecule has 0 unspecified atom stereocenters. The molecule has 0 spiro atoms. The molecule has 0 aliphatic rings. The van der Waals surface area contributed by atoms with Gasteiger partial charge in [0.2, 0.25) is 5.89 Å². The molecule has 3 aromatic heterocycles. The number of nitrogens with one attached hydrogen (secondary N) is 1. The highest BCUT2D eigenvalue weighted by molar-refractivity contribution is 5.93. The van der Waals surface area contributed by atoms with Gasteiger partial charge in [-0.05, 0) is 24.3 Å². The Kier molecular flexibility index (Phi) is 3.64. The molecule has 3 aromatic rings. The lowest BCUT2D eigenvalue weighted by Gasteiger charge is -2.01. The molecule has 0 saturated carbocycles. The summed E-state index contributed by atoms with van der Waals surface area (Å²) in [4.78, 5) is 19.8. The Morgan fingerprint density at radius 1 is 1.14 bits per heavy atom. The number of aromatic nitrogens is 4. The van der Waals surface area contributed by atoms with Crippen LogP contribution in [-0.4, -0.2) is 26.1 Å². The van der Waals surface area contributed by atoms with E-state index in [2.05, 4.69) is 25.5 Å². The van der Waals surface area contributed by atoms with Crippen molar-refractivity contribution in [3.63, 3.8) is 0 Å². The van der Waals surface area contributed by atoms with Gasteiger partial charge in [-0.2, -0.15) is 0 Å². The van der Waals surface area contributed by atoms with Crippen LogP contribution in [0.1, 0.15) is 16.2 Å². The average Bonchev–Trinajstić information content (AvgIpc) is 3.03. The van der Waals surface area contributed by atoms with Crippen LogP contribution >= 0.6 is 0 Å². The van der Waals surface area contributed by atoms with Crippen molar-refractivity contribution in [2.75, 3.05) is 0 Å². The van der Waals surface area contributed by atoms with Gasteiger partial charge in [0.15, 0.2) is 0 Å². The number of hydrogen-bond acceptors (Lipinski definition) is 6. The SMILES string of the molecule is O=C(NCc1nnc(-c2ccccn2)o1)c1cccnc1. The largest absolute Gasteiger partial charge is 0.417 e. The van der Waals surface area contributed by atoms with Crippen molar-refractivity contribution in [3.8, 4) is 11.6 Å². The first-order valence-corrected chi connectivity index (χ1v) is 6.25. The molecule has 1 amide bonds. The third kappa shape index (κ3) is 3.08. The van der Waals surface area contributed by atoms with E-state index in [0.29, 0.717) is 23.0 Å². The summed E-state index contributed by atoms with van der Waals surface area (Å²) < 4.78 is 5.44. The van der Waals surface area contributed by atoms with E-state index in [1.54, 1.807) is 36.7 Å². The standard InChI is InChI=1S/C14H11N5O2/c20-13(10-4-3-6-15-8-10)17-9-12-18-19-14(21-12)11-5-1-2-7-16-11/h1-8H,9H2,(H,17,20). The van der Waals surface area contributed by atoms with E-state index >= 15 is 0 Å². The topological polar surface area (TPSA) is 93.8 Å². The van der Waals surface area contributed by atoms with Crippen molar-refractivity contribution in [3.05, 3.63) is 60.4 Å². The van der Waals surface area contributed by atoms with E-state index in [1.807, 2.05) is 6.07 Å². The van der Waals surface area contributed by atoms with Crippen LogP contribution in [0.4, 0.5) is 0 Å². The average molecular weight is 281 g/mol. The molecule has 3 rings (SSSR count). The Labute approximate surface area is 120 Å². The van der Waals surface area contributed by atoms with Crippen molar-refractivity contribution >= 4 is 5.91 Å². The van der Waals surface area contributed by atoms with Crippen LogP contribution in [0.15, 0.2) is 53.3 Å². The summed E-state index contributed by atoms with van der Waals surface area (Å²) in [5, 5.41) is 10.4.